The van der Waals surface area contributed by atoms with E-state index in [-0.39, 0.29) is 23.1 Å². The van der Waals surface area contributed by atoms with Gasteiger partial charge >= 0.3 is 0 Å². The molecule has 0 radical (unpaired) electrons. The second-order valence-electron chi connectivity index (χ2n) is 14.5. The number of ether oxygens (including phenoxy) is 2. The molecular formula is C42H66O6. The van der Waals surface area contributed by atoms with Gasteiger partial charge in [0, 0.05) is 71.0 Å². The van der Waals surface area contributed by atoms with E-state index < -0.39 is 0 Å². The monoisotopic (exact) mass is 666 g/mol. The normalized spacial score (nSPS) is 16.2. The molecule has 2 aliphatic carbocycles. The Balaban J connectivity index is 1.53. The summed E-state index contributed by atoms with van der Waals surface area (Å²) in [6.07, 6.45) is 18.4. The lowest BCUT2D eigenvalue weighted by Gasteiger charge is -2.21. The molecule has 0 saturated carbocycles. The van der Waals surface area contributed by atoms with Crippen LogP contribution in [0.3, 0.4) is 0 Å². The molecule has 0 aromatic carbocycles. The molecule has 0 heterocycles. The van der Waals surface area contributed by atoms with E-state index in [0.717, 1.165) is 83.0 Å². The van der Waals surface area contributed by atoms with Crippen molar-refractivity contribution in [3.8, 4) is 0 Å². The fourth-order valence-corrected chi connectivity index (χ4v) is 6.69. The lowest BCUT2D eigenvalue weighted by atomic mass is 9.81. The van der Waals surface area contributed by atoms with Crippen molar-refractivity contribution in [3.05, 3.63) is 44.6 Å². The molecule has 0 N–H and O–H groups in total. The van der Waals surface area contributed by atoms with Crippen LogP contribution in [-0.2, 0) is 28.7 Å². The first kappa shape index (κ1) is 41.7. The van der Waals surface area contributed by atoms with Crippen molar-refractivity contribution in [3.63, 3.8) is 0 Å². The van der Waals surface area contributed by atoms with Crippen molar-refractivity contribution in [2.24, 2.45) is 5.92 Å². The first-order chi connectivity index (χ1) is 23.0. The van der Waals surface area contributed by atoms with Crippen molar-refractivity contribution in [1.82, 2.24) is 0 Å². The number of carbonyl (C=O) groups is 4. The van der Waals surface area contributed by atoms with Gasteiger partial charge in [0.25, 0.3) is 0 Å². The Morgan fingerprint density at radius 3 is 1.19 bits per heavy atom. The van der Waals surface area contributed by atoms with Crippen LogP contribution in [-0.4, -0.2) is 49.6 Å². The molecule has 0 aromatic heterocycles. The van der Waals surface area contributed by atoms with Crippen LogP contribution in [0.5, 0.6) is 0 Å². The van der Waals surface area contributed by atoms with Gasteiger partial charge in [0.05, 0.1) is 0 Å². The fourth-order valence-electron chi connectivity index (χ4n) is 6.69. The second kappa shape index (κ2) is 23.1. The van der Waals surface area contributed by atoms with E-state index in [4.69, 9.17) is 9.47 Å². The summed E-state index contributed by atoms with van der Waals surface area (Å²) < 4.78 is 11.5. The van der Waals surface area contributed by atoms with E-state index >= 15 is 0 Å². The maximum absolute atomic E-state index is 13.4. The van der Waals surface area contributed by atoms with Crippen molar-refractivity contribution >= 4 is 23.1 Å². The third-order valence-electron chi connectivity index (χ3n) is 10.0. The van der Waals surface area contributed by atoms with Gasteiger partial charge in [0.2, 0.25) is 0 Å². The largest absolute Gasteiger partial charge is 0.381 e. The number of hydrogen-bond donors (Lipinski definition) is 0. The molecule has 0 saturated heterocycles. The first-order valence-electron chi connectivity index (χ1n) is 19.1. The summed E-state index contributed by atoms with van der Waals surface area (Å²) in [6, 6.07) is 0. The zero-order valence-corrected chi connectivity index (χ0v) is 31.6. The SMILES string of the molecule is CC1=C(C)C(=O)C(CCCCCCCCOCCCC2=C(C)C(=O)C(C)=C(CCCCCCCCCCOCC(C)C)C2=O)=C(C)C1=O. The van der Waals surface area contributed by atoms with Gasteiger partial charge < -0.3 is 9.47 Å². The number of unbranched alkanes of at least 4 members (excludes halogenated alkanes) is 12. The van der Waals surface area contributed by atoms with Crippen LogP contribution < -0.4 is 0 Å². The Bertz CT molecular complexity index is 1220. The van der Waals surface area contributed by atoms with Gasteiger partial charge in [-0.2, -0.15) is 0 Å². The Kier molecular flexibility index (Phi) is 20.0. The van der Waals surface area contributed by atoms with E-state index in [1.54, 1.807) is 27.7 Å². The highest BCUT2D eigenvalue weighted by molar-refractivity contribution is 6.25. The Morgan fingerprint density at radius 1 is 0.375 bits per heavy atom. The highest BCUT2D eigenvalue weighted by Gasteiger charge is 2.29. The average Bonchev–Trinajstić information content (AvgIpc) is 3.06. The summed E-state index contributed by atoms with van der Waals surface area (Å²) in [7, 11) is 0. The second-order valence-corrected chi connectivity index (χ2v) is 14.5. The fraction of sp³-hybridized carbons (Fsp3) is 0.714. The molecular weight excluding hydrogens is 600 g/mol. The lowest BCUT2D eigenvalue weighted by molar-refractivity contribution is -0.116. The van der Waals surface area contributed by atoms with Crippen LogP contribution >= 0.6 is 0 Å². The van der Waals surface area contributed by atoms with Crippen molar-refractivity contribution < 1.29 is 28.7 Å². The van der Waals surface area contributed by atoms with Gasteiger partial charge in [0.1, 0.15) is 0 Å². The summed E-state index contributed by atoms with van der Waals surface area (Å²) in [4.78, 5) is 51.2. The lowest BCUT2D eigenvalue weighted by Crippen LogP contribution is -2.22. The highest BCUT2D eigenvalue weighted by atomic mass is 16.5. The smallest absolute Gasteiger partial charge is 0.185 e. The number of hydrogen-bond acceptors (Lipinski definition) is 6. The molecule has 2 rings (SSSR count). The van der Waals surface area contributed by atoms with Crippen molar-refractivity contribution in [1.29, 1.82) is 0 Å². The molecule has 0 amide bonds. The van der Waals surface area contributed by atoms with Crippen molar-refractivity contribution in [2.75, 3.05) is 26.4 Å². The van der Waals surface area contributed by atoms with Crippen LogP contribution in [0.25, 0.3) is 0 Å². The summed E-state index contributed by atoms with van der Waals surface area (Å²) in [6.45, 7) is 16.3. The molecule has 270 valence electrons. The first-order valence-corrected chi connectivity index (χ1v) is 19.1. The molecule has 48 heavy (non-hydrogen) atoms. The maximum atomic E-state index is 13.4. The zero-order chi connectivity index (χ0) is 35.5. The number of rotatable bonds is 26. The predicted molar refractivity (Wildman–Crippen MR) is 196 cm³/mol. The zero-order valence-electron chi connectivity index (χ0n) is 31.6. The van der Waals surface area contributed by atoms with E-state index in [1.807, 2.05) is 6.92 Å². The number of Topliss-reactive ketones (excluding diaryl/α,β-unsaturated/α-hetero) is 4. The minimum absolute atomic E-state index is 0.0155. The molecule has 0 atom stereocenters. The molecule has 0 bridgehead atoms. The average molecular weight is 667 g/mol. The summed E-state index contributed by atoms with van der Waals surface area (Å²) in [5.41, 5.74) is 5.19. The Morgan fingerprint density at radius 2 is 0.708 bits per heavy atom. The number of allylic oxidation sites excluding steroid dienone is 8. The third-order valence-corrected chi connectivity index (χ3v) is 10.0. The van der Waals surface area contributed by atoms with Gasteiger partial charge in [-0.05, 0) is 91.9 Å². The molecule has 6 heteroatoms. The summed E-state index contributed by atoms with van der Waals surface area (Å²) in [5, 5.41) is 0. The molecule has 0 unspecified atom stereocenters. The van der Waals surface area contributed by atoms with Gasteiger partial charge in [-0.1, -0.05) is 78.1 Å². The topological polar surface area (TPSA) is 86.7 Å². The minimum atomic E-state index is 0.0155. The standard InChI is InChI=1S/C42H66O6/c1-30(2)29-48-27-21-17-12-9-8-10-14-19-24-37-34(6)40(44)35(7)38(42(37)46)25-22-28-47-26-20-16-13-11-15-18-23-36-33(5)39(43)31(3)32(4)41(36)45/h30H,8-29H2,1-7H3. The molecule has 0 spiro atoms. The number of carbonyl (C=O) groups excluding carboxylic acids is 4. The quantitative estimate of drug-likeness (QED) is 0.0674. The van der Waals surface area contributed by atoms with Crippen LogP contribution in [0.4, 0.5) is 0 Å². The highest BCUT2D eigenvalue weighted by Crippen LogP contribution is 2.31. The van der Waals surface area contributed by atoms with E-state index in [9.17, 15) is 19.2 Å². The molecule has 0 fully saturated rings. The molecule has 0 aromatic rings. The van der Waals surface area contributed by atoms with Crippen LogP contribution in [0.2, 0.25) is 0 Å². The van der Waals surface area contributed by atoms with E-state index in [0.29, 0.717) is 77.4 Å². The molecule has 6 nitrogen and oxygen atoms in total. The summed E-state index contributed by atoms with van der Waals surface area (Å²) >= 11 is 0. The van der Waals surface area contributed by atoms with Crippen LogP contribution in [0, 0.1) is 5.92 Å². The Hall–Kier alpha value is -2.44. The maximum Gasteiger partial charge on any atom is 0.185 e. The van der Waals surface area contributed by atoms with Crippen LogP contribution in [0.15, 0.2) is 44.6 Å². The van der Waals surface area contributed by atoms with E-state index in [1.165, 1.54) is 32.1 Å². The third kappa shape index (κ3) is 13.8. The summed E-state index contributed by atoms with van der Waals surface area (Å²) in [5.74, 6) is 0.775. The van der Waals surface area contributed by atoms with Crippen molar-refractivity contribution in [2.45, 2.75) is 164 Å². The van der Waals surface area contributed by atoms with Gasteiger partial charge in [-0.25, -0.2) is 0 Å². The predicted octanol–water partition coefficient (Wildman–Crippen LogP) is 10.3. The van der Waals surface area contributed by atoms with Gasteiger partial charge in [-0.3, -0.25) is 19.2 Å². The minimum Gasteiger partial charge on any atom is -0.381 e. The van der Waals surface area contributed by atoms with Gasteiger partial charge in [-0.15, -0.1) is 0 Å². The Labute approximate surface area is 292 Å². The van der Waals surface area contributed by atoms with E-state index in [2.05, 4.69) is 13.8 Å². The molecule has 2 aliphatic rings. The van der Waals surface area contributed by atoms with Crippen LogP contribution in [0.1, 0.15) is 164 Å². The number of ketones is 4. The van der Waals surface area contributed by atoms with Gasteiger partial charge in [0.15, 0.2) is 23.1 Å². The molecule has 0 aliphatic heterocycles.